The van der Waals surface area contributed by atoms with Crippen LogP contribution in [0.25, 0.3) is 0 Å². The maximum Gasteiger partial charge on any atom is 0.123 e. The van der Waals surface area contributed by atoms with Crippen molar-refractivity contribution in [3.05, 3.63) is 53.4 Å². The van der Waals surface area contributed by atoms with Gasteiger partial charge in [-0.05, 0) is 49.9 Å². The zero-order valence-electron chi connectivity index (χ0n) is 15.0. The number of rotatable bonds is 4. The van der Waals surface area contributed by atoms with Crippen LogP contribution in [0.4, 0.5) is 10.1 Å². The molecule has 0 radical (unpaired) electrons. The second-order valence-electron chi connectivity index (χ2n) is 6.44. The van der Waals surface area contributed by atoms with Gasteiger partial charge < -0.3 is 0 Å². The number of hydrogen-bond donors (Lipinski definition) is 0. The molecule has 1 aromatic carbocycles. The van der Waals surface area contributed by atoms with E-state index in [1.165, 1.54) is 31.3 Å². The highest BCUT2D eigenvalue weighted by Gasteiger charge is 2.12. The molecule has 1 fully saturated rings. The molecule has 0 spiro atoms. The Hall–Kier alpha value is -2.10. The Morgan fingerprint density at radius 3 is 2.54 bits per heavy atom. The van der Waals surface area contributed by atoms with Crippen molar-refractivity contribution in [2.24, 2.45) is 10.9 Å². The Bertz CT molecular complexity index is 706. The molecule has 3 rings (SSSR count). The summed E-state index contributed by atoms with van der Waals surface area (Å²) in [4.78, 5) is 13.0. The lowest BCUT2D eigenvalue weighted by Gasteiger charge is -2.09. The molecule has 0 saturated heterocycles. The summed E-state index contributed by atoms with van der Waals surface area (Å²) in [5.41, 5.74) is 4.43. The summed E-state index contributed by atoms with van der Waals surface area (Å²) < 4.78 is 13.2. The van der Waals surface area contributed by atoms with E-state index in [4.69, 9.17) is 4.99 Å². The third-order valence-electron chi connectivity index (χ3n) is 3.99. The van der Waals surface area contributed by atoms with Gasteiger partial charge >= 0.3 is 0 Å². The van der Waals surface area contributed by atoms with Crippen molar-refractivity contribution >= 4 is 11.4 Å². The molecule has 3 nitrogen and oxygen atoms in total. The molecular weight excluding hydrogens is 301 g/mol. The van der Waals surface area contributed by atoms with E-state index in [9.17, 15) is 4.39 Å². The Labute approximate surface area is 144 Å². The topological polar surface area (TPSA) is 38.1 Å². The summed E-state index contributed by atoms with van der Waals surface area (Å²) in [6, 6.07) is 4.64. The largest absolute Gasteiger partial charge is 0.252 e. The molecule has 1 saturated carbocycles. The Kier molecular flexibility index (Phi) is 6.59. The van der Waals surface area contributed by atoms with E-state index in [1.54, 1.807) is 12.3 Å². The number of halogens is 1. The Morgan fingerprint density at radius 2 is 2.00 bits per heavy atom. The van der Waals surface area contributed by atoms with Crippen molar-refractivity contribution in [3.63, 3.8) is 0 Å². The van der Waals surface area contributed by atoms with Gasteiger partial charge in [0.2, 0.25) is 0 Å². The van der Waals surface area contributed by atoms with Gasteiger partial charge in [-0.2, -0.15) is 0 Å². The maximum atomic E-state index is 13.2. The SMILES string of the molecule is CC1CC1.CCCC(=Nc1ccc(F)cc1C)c1cncnc1C. The quantitative estimate of drug-likeness (QED) is 0.689. The fourth-order valence-electron chi connectivity index (χ4n) is 2.22. The Balaban J connectivity index is 0.000000454. The molecule has 0 N–H and O–H groups in total. The first-order valence-electron chi connectivity index (χ1n) is 8.62. The molecule has 24 heavy (non-hydrogen) atoms. The molecule has 0 amide bonds. The summed E-state index contributed by atoms with van der Waals surface area (Å²) >= 11 is 0. The minimum absolute atomic E-state index is 0.238. The molecule has 0 bridgehead atoms. The van der Waals surface area contributed by atoms with Gasteiger partial charge in [0.1, 0.15) is 12.1 Å². The van der Waals surface area contributed by atoms with Crippen LogP contribution in [0.1, 0.15) is 56.4 Å². The fraction of sp³-hybridized carbons (Fsp3) is 0.450. The Morgan fingerprint density at radius 1 is 1.29 bits per heavy atom. The minimum atomic E-state index is -0.238. The van der Waals surface area contributed by atoms with Crippen molar-refractivity contribution in [1.82, 2.24) is 9.97 Å². The number of nitrogens with zero attached hydrogens (tertiary/aromatic N) is 3. The highest BCUT2D eigenvalue weighted by molar-refractivity contribution is 6.02. The molecule has 128 valence electrons. The maximum absolute atomic E-state index is 13.2. The number of aliphatic imine (C=N–C) groups is 1. The predicted octanol–water partition coefficient (Wildman–Crippen LogP) is 5.57. The summed E-state index contributed by atoms with van der Waals surface area (Å²) in [5.74, 6) is 0.845. The van der Waals surface area contributed by atoms with E-state index in [-0.39, 0.29) is 5.82 Å². The molecule has 2 aromatic rings. The lowest BCUT2D eigenvalue weighted by Crippen LogP contribution is -2.05. The average molecular weight is 327 g/mol. The van der Waals surface area contributed by atoms with Gasteiger partial charge in [0, 0.05) is 17.5 Å². The third kappa shape index (κ3) is 5.52. The van der Waals surface area contributed by atoms with Gasteiger partial charge in [-0.25, -0.2) is 14.4 Å². The van der Waals surface area contributed by atoms with E-state index >= 15 is 0 Å². The van der Waals surface area contributed by atoms with Crippen LogP contribution in [-0.4, -0.2) is 15.7 Å². The smallest absolute Gasteiger partial charge is 0.123 e. The first-order valence-corrected chi connectivity index (χ1v) is 8.62. The van der Waals surface area contributed by atoms with Gasteiger partial charge in [-0.15, -0.1) is 0 Å². The monoisotopic (exact) mass is 327 g/mol. The number of aryl methyl sites for hydroxylation is 2. The van der Waals surface area contributed by atoms with Crippen molar-refractivity contribution < 1.29 is 4.39 Å². The number of benzene rings is 1. The van der Waals surface area contributed by atoms with E-state index in [2.05, 4.69) is 23.8 Å². The molecule has 1 heterocycles. The molecule has 1 aromatic heterocycles. The van der Waals surface area contributed by atoms with Crippen molar-refractivity contribution in [3.8, 4) is 0 Å². The number of hydrogen-bond acceptors (Lipinski definition) is 3. The van der Waals surface area contributed by atoms with Crippen LogP contribution >= 0.6 is 0 Å². The van der Waals surface area contributed by atoms with Crippen LogP contribution in [0, 0.1) is 25.6 Å². The van der Waals surface area contributed by atoms with E-state index < -0.39 is 0 Å². The molecule has 0 unspecified atom stereocenters. The molecule has 0 aliphatic heterocycles. The van der Waals surface area contributed by atoms with Gasteiger partial charge in [0.15, 0.2) is 0 Å². The summed E-state index contributed by atoms with van der Waals surface area (Å²) in [7, 11) is 0. The van der Waals surface area contributed by atoms with E-state index in [1.807, 2.05) is 13.8 Å². The van der Waals surface area contributed by atoms with Gasteiger partial charge in [-0.1, -0.05) is 33.1 Å². The standard InChI is InChI=1S/C16H18FN3.C4H8/c1-4-5-16(14-9-18-10-19-12(14)3)20-15-7-6-13(17)8-11(15)2;1-4-2-3-4/h6-10H,4-5H2,1-3H3;4H,2-3H2,1H3. The van der Waals surface area contributed by atoms with Crippen LogP contribution in [0.5, 0.6) is 0 Å². The highest BCUT2D eigenvalue weighted by atomic mass is 19.1. The van der Waals surface area contributed by atoms with Crippen LogP contribution < -0.4 is 0 Å². The first-order chi connectivity index (χ1) is 11.5. The molecule has 0 atom stereocenters. The second kappa shape index (κ2) is 8.67. The number of aromatic nitrogens is 2. The minimum Gasteiger partial charge on any atom is -0.252 e. The van der Waals surface area contributed by atoms with Gasteiger partial charge in [0.25, 0.3) is 0 Å². The van der Waals surface area contributed by atoms with Crippen LogP contribution in [0.15, 0.2) is 35.7 Å². The van der Waals surface area contributed by atoms with E-state index in [0.29, 0.717) is 0 Å². The first kappa shape index (κ1) is 18.2. The fourth-order valence-corrected chi connectivity index (χ4v) is 2.22. The van der Waals surface area contributed by atoms with Crippen molar-refractivity contribution in [2.75, 3.05) is 0 Å². The van der Waals surface area contributed by atoms with Crippen molar-refractivity contribution in [1.29, 1.82) is 0 Å². The van der Waals surface area contributed by atoms with Crippen LogP contribution in [-0.2, 0) is 0 Å². The van der Waals surface area contributed by atoms with Gasteiger partial charge in [0.05, 0.1) is 11.4 Å². The van der Waals surface area contributed by atoms with Gasteiger partial charge in [-0.3, -0.25) is 4.99 Å². The summed E-state index contributed by atoms with van der Waals surface area (Å²) in [6.45, 7) is 8.19. The zero-order valence-corrected chi connectivity index (χ0v) is 15.0. The molecular formula is C20H26FN3. The van der Waals surface area contributed by atoms with Crippen molar-refractivity contribution in [2.45, 2.75) is 53.4 Å². The zero-order chi connectivity index (χ0) is 17.5. The van der Waals surface area contributed by atoms with Crippen LogP contribution in [0.2, 0.25) is 0 Å². The summed E-state index contributed by atoms with van der Waals surface area (Å²) in [5, 5.41) is 0. The second-order valence-corrected chi connectivity index (χ2v) is 6.44. The molecule has 1 aliphatic carbocycles. The van der Waals surface area contributed by atoms with E-state index in [0.717, 1.165) is 47.0 Å². The van der Waals surface area contributed by atoms with Crippen LogP contribution in [0.3, 0.4) is 0 Å². The highest BCUT2D eigenvalue weighted by Crippen LogP contribution is 2.26. The third-order valence-corrected chi connectivity index (χ3v) is 3.99. The normalized spacial score (nSPS) is 14.1. The predicted molar refractivity (Wildman–Crippen MR) is 97.4 cm³/mol. The summed E-state index contributed by atoms with van der Waals surface area (Å²) in [6.07, 6.45) is 8.11. The lowest BCUT2D eigenvalue weighted by atomic mass is 10.1. The molecule has 4 heteroatoms. The molecule has 1 aliphatic rings. The lowest BCUT2D eigenvalue weighted by molar-refractivity contribution is 0.627. The average Bonchev–Trinajstić information content (AvgIpc) is 3.33.